The molecule has 7 rings (SSSR count). The number of alkyl halides is 1. The van der Waals surface area contributed by atoms with Crippen molar-refractivity contribution in [2.75, 3.05) is 33.3 Å². The van der Waals surface area contributed by atoms with E-state index >= 15 is 0 Å². The number of nitrogens with one attached hydrogen (secondary N) is 1. The normalized spacial score (nSPS) is 18.8. The fourth-order valence-electron chi connectivity index (χ4n) is 6.48. The van der Waals surface area contributed by atoms with Crippen LogP contribution in [0.3, 0.4) is 0 Å². The number of fused-ring (bicyclic) bond motifs is 1. The molecular formula is C39H36IN5O6. The number of methoxy groups -OCH3 is 3. The van der Waals surface area contributed by atoms with Crippen LogP contribution in [0.2, 0.25) is 0 Å². The monoisotopic (exact) mass is 797 g/mol. The van der Waals surface area contributed by atoms with Crippen molar-refractivity contribution in [3.8, 4) is 11.5 Å². The van der Waals surface area contributed by atoms with Crippen molar-refractivity contribution < 1.29 is 28.5 Å². The molecule has 1 aliphatic rings. The van der Waals surface area contributed by atoms with E-state index in [2.05, 4.69) is 55.0 Å². The van der Waals surface area contributed by atoms with Gasteiger partial charge in [0, 0.05) is 12.7 Å². The molecule has 4 atom stereocenters. The van der Waals surface area contributed by atoms with E-state index < -0.39 is 17.9 Å². The first-order valence-electron chi connectivity index (χ1n) is 16.3. The summed E-state index contributed by atoms with van der Waals surface area (Å²) in [6.45, 7) is 0.219. The second kappa shape index (κ2) is 15.2. The SMILES string of the molecule is COc1ccc(C(OC[C@H]2O[C@@H](n3cnc4c(NC(=O)c5ccccc5)ncnc43)[C@H](OC)[C@H]2I)(c2ccccc2)c2ccc(OC)cc2)cc1. The number of imidazole rings is 1. The number of carbonyl (C=O) groups excluding carboxylic acids is 1. The number of hydrogen-bond acceptors (Lipinski definition) is 9. The zero-order chi connectivity index (χ0) is 35.4. The van der Waals surface area contributed by atoms with Gasteiger partial charge in [-0.1, -0.05) is 95.4 Å². The molecule has 1 aliphatic heterocycles. The number of amides is 1. The van der Waals surface area contributed by atoms with E-state index in [9.17, 15) is 4.79 Å². The highest BCUT2D eigenvalue weighted by atomic mass is 127. The molecule has 4 aromatic carbocycles. The maximum Gasteiger partial charge on any atom is 0.256 e. The molecule has 1 fully saturated rings. The van der Waals surface area contributed by atoms with Crippen molar-refractivity contribution in [2.45, 2.75) is 28.0 Å². The molecule has 6 aromatic rings. The first-order chi connectivity index (χ1) is 25.0. The summed E-state index contributed by atoms with van der Waals surface area (Å²) >= 11 is 2.38. The molecule has 0 unspecified atom stereocenters. The van der Waals surface area contributed by atoms with E-state index in [0.29, 0.717) is 22.5 Å². The van der Waals surface area contributed by atoms with Gasteiger partial charge in [0.2, 0.25) is 0 Å². The van der Waals surface area contributed by atoms with Gasteiger partial charge in [-0.05, 0) is 53.1 Å². The summed E-state index contributed by atoms with van der Waals surface area (Å²) in [6, 6.07) is 34.9. The predicted octanol–water partition coefficient (Wildman–Crippen LogP) is 6.82. The van der Waals surface area contributed by atoms with Crippen LogP contribution >= 0.6 is 22.6 Å². The molecule has 0 bridgehead atoms. The number of benzene rings is 4. The van der Waals surface area contributed by atoms with Gasteiger partial charge in [-0.25, -0.2) is 15.0 Å². The molecule has 0 aliphatic carbocycles. The number of anilines is 1. The van der Waals surface area contributed by atoms with Crippen molar-refractivity contribution in [1.82, 2.24) is 19.5 Å². The van der Waals surface area contributed by atoms with Crippen LogP contribution in [0.15, 0.2) is 122 Å². The molecule has 0 spiro atoms. The summed E-state index contributed by atoms with van der Waals surface area (Å²) in [7, 11) is 4.97. The Morgan fingerprint density at radius 2 is 1.39 bits per heavy atom. The highest BCUT2D eigenvalue weighted by Crippen LogP contribution is 2.44. The van der Waals surface area contributed by atoms with Crippen molar-refractivity contribution in [2.24, 2.45) is 0 Å². The van der Waals surface area contributed by atoms with Crippen LogP contribution < -0.4 is 14.8 Å². The highest BCUT2D eigenvalue weighted by Gasteiger charge is 2.47. The molecule has 3 heterocycles. The van der Waals surface area contributed by atoms with E-state index in [4.69, 9.17) is 23.7 Å². The van der Waals surface area contributed by atoms with Crippen molar-refractivity contribution in [3.05, 3.63) is 144 Å². The number of aromatic nitrogens is 4. The van der Waals surface area contributed by atoms with E-state index in [0.717, 1.165) is 28.2 Å². The van der Waals surface area contributed by atoms with Crippen LogP contribution in [-0.2, 0) is 19.8 Å². The third-order valence-corrected chi connectivity index (χ3v) is 10.6. The van der Waals surface area contributed by atoms with Gasteiger partial charge in [0.15, 0.2) is 23.2 Å². The lowest BCUT2D eigenvalue weighted by molar-refractivity contribution is -0.0883. The smallest absolute Gasteiger partial charge is 0.256 e. The first-order valence-corrected chi connectivity index (χ1v) is 17.6. The Hall–Kier alpha value is -4.89. The number of nitrogens with zero attached hydrogens (tertiary/aromatic N) is 4. The number of carbonyl (C=O) groups is 1. The van der Waals surface area contributed by atoms with Crippen LogP contribution in [-0.4, -0.2) is 69.5 Å². The topological polar surface area (TPSA) is 119 Å². The third-order valence-electron chi connectivity index (χ3n) is 9.07. The molecule has 2 aromatic heterocycles. The molecule has 51 heavy (non-hydrogen) atoms. The molecule has 12 heteroatoms. The number of halogens is 1. The molecule has 0 radical (unpaired) electrons. The first kappa shape index (κ1) is 34.6. The third kappa shape index (κ3) is 6.67. The lowest BCUT2D eigenvalue weighted by atomic mass is 9.80. The average molecular weight is 798 g/mol. The molecule has 0 saturated carbocycles. The Kier molecular flexibility index (Phi) is 10.3. The second-order valence-electron chi connectivity index (χ2n) is 11.9. The van der Waals surface area contributed by atoms with Gasteiger partial charge in [0.1, 0.15) is 29.5 Å². The predicted molar refractivity (Wildman–Crippen MR) is 200 cm³/mol. The molecule has 1 N–H and O–H groups in total. The zero-order valence-corrected chi connectivity index (χ0v) is 30.3. The van der Waals surface area contributed by atoms with Gasteiger partial charge >= 0.3 is 0 Å². The minimum absolute atomic E-state index is 0.116. The van der Waals surface area contributed by atoms with E-state index in [1.54, 1.807) is 51.9 Å². The van der Waals surface area contributed by atoms with E-state index in [-0.39, 0.29) is 22.5 Å². The largest absolute Gasteiger partial charge is 0.497 e. The van der Waals surface area contributed by atoms with Crippen LogP contribution in [0.4, 0.5) is 5.82 Å². The number of hydrogen-bond donors (Lipinski definition) is 1. The number of ether oxygens (including phenoxy) is 5. The van der Waals surface area contributed by atoms with Gasteiger partial charge in [-0.3, -0.25) is 9.36 Å². The Balaban J connectivity index is 1.22. The maximum atomic E-state index is 13.0. The van der Waals surface area contributed by atoms with Crippen molar-refractivity contribution in [1.29, 1.82) is 0 Å². The quantitative estimate of drug-likeness (QED) is 0.0809. The Labute approximate surface area is 309 Å². The lowest BCUT2D eigenvalue weighted by Gasteiger charge is -2.37. The fourth-order valence-corrected chi connectivity index (χ4v) is 7.51. The van der Waals surface area contributed by atoms with Gasteiger partial charge in [-0.15, -0.1) is 0 Å². The summed E-state index contributed by atoms with van der Waals surface area (Å²) < 4.78 is 32.7. The van der Waals surface area contributed by atoms with Gasteiger partial charge in [-0.2, -0.15) is 0 Å². The highest BCUT2D eigenvalue weighted by molar-refractivity contribution is 14.1. The molecule has 1 amide bonds. The minimum Gasteiger partial charge on any atom is -0.497 e. The fraction of sp³-hybridized carbons (Fsp3) is 0.231. The summed E-state index contributed by atoms with van der Waals surface area (Å²) in [5, 5.41) is 2.87. The standard InChI is InChI=1S/C39H36IN5O6/c1-47-29-18-14-27(15-19-29)39(26-12-8-5-9-13-26,28-16-20-30(48-2)21-17-28)50-22-31-32(40)34(49-3)38(51-31)45-24-43-33-35(41-23-42-36(33)45)44-37(46)25-10-6-4-7-11-25/h4-21,23-24,31-32,34,38H,22H2,1-3H3,(H,41,42,44,46)/t31-,32+,34-,38-/m1/s1. The lowest BCUT2D eigenvalue weighted by Crippen LogP contribution is -2.38. The zero-order valence-electron chi connectivity index (χ0n) is 28.2. The van der Waals surface area contributed by atoms with Crippen LogP contribution in [0.1, 0.15) is 33.3 Å². The van der Waals surface area contributed by atoms with Crippen LogP contribution in [0, 0.1) is 0 Å². The Morgan fingerprint density at radius 1 is 0.804 bits per heavy atom. The summed E-state index contributed by atoms with van der Waals surface area (Å²) in [4.78, 5) is 26.4. The number of rotatable bonds is 12. The summed E-state index contributed by atoms with van der Waals surface area (Å²) in [5.74, 6) is 1.49. The summed E-state index contributed by atoms with van der Waals surface area (Å²) in [6.07, 6.45) is 1.69. The Morgan fingerprint density at radius 3 is 1.98 bits per heavy atom. The maximum absolute atomic E-state index is 13.0. The Bertz CT molecular complexity index is 2030. The molecule has 260 valence electrons. The molecular weight excluding hydrogens is 761 g/mol. The van der Waals surface area contributed by atoms with Crippen molar-refractivity contribution >= 4 is 45.5 Å². The molecule has 1 saturated heterocycles. The minimum atomic E-state index is -1.01. The van der Waals surface area contributed by atoms with Gasteiger partial charge in [0.05, 0.1) is 37.2 Å². The molecule has 11 nitrogen and oxygen atoms in total. The van der Waals surface area contributed by atoms with Crippen LogP contribution in [0.5, 0.6) is 11.5 Å². The summed E-state index contributed by atoms with van der Waals surface area (Å²) in [5.41, 5.74) is 3.22. The van der Waals surface area contributed by atoms with E-state index in [1.807, 2.05) is 77.4 Å². The average Bonchev–Trinajstić information content (AvgIpc) is 3.77. The van der Waals surface area contributed by atoms with Crippen LogP contribution in [0.25, 0.3) is 11.2 Å². The van der Waals surface area contributed by atoms with Crippen molar-refractivity contribution in [3.63, 3.8) is 0 Å². The van der Waals surface area contributed by atoms with Gasteiger partial charge in [0.25, 0.3) is 5.91 Å². The van der Waals surface area contributed by atoms with Gasteiger partial charge < -0.3 is 29.0 Å². The van der Waals surface area contributed by atoms with E-state index in [1.165, 1.54) is 6.33 Å². The second-order valence-corrected chi connectivity index (χ2v) is 13.3.